The lowest BCUT2D eigenvalue weighted by Gasteiger charge is -2.49. The lowest BCUT2D eigenvalue weighted by molar-refractivity contribution is -0.150. The van der Waals surface area contributed by atoms with Gasteiger partial charge in [0.2, 0.25) is 11.7 Å². The van der Waals surface area contributed by atoms with Crippen LogP contribution in [0.5, 0.6) is 5.75 Å². The number of thiophene rings is 1. The third-order valence-electron chi connectivity index (χ3n) is 6.12. The highest BCUT2D eigenvalue weighted by Crippen LogP contribution is 2.36. The molecule has 2 aliphatic rings. The van der Waals surface area contributed by atoms with Gasteiger partial charge in [0.05, 0.1) is 23.0 Å². The monoisotopic (exact) mass is 564 g/mol. The fourth-order valence-corrected chi connectivity index (χ4v) is 6.78. The Hall–Kier alpha value is -3.91. The van der Waals surface area contributed by atoms with Crippen LogP contribution in [0, 0.1) is 18.6 Å². The van der Waals surface area contributed by atoms with Gasteiger partial charge in [-0.1, -0.05) is 6.07 Å². The maximum atomic E-state index is 15.0. The third kappa shape index (κ3) is 4.39. The summed E-state index contributed by atoms with van der Waals surface area (Å²) in [7, 11) is -1.85. The highest BCUT2D eigenvalue weighted by Gasteiger charge is 2.57. The second-order valence-electron chi connectivity index (χ2n) is 8.60. The Kier molecular flexibility index (Phi) is 6.61. The van der Waals surface area contributed by atoms with Crippen LogP contribution >= 0.6 is 11.3 Å². The molecule has 2 amide bonds. The molecular weight excluding hydrogens is 546 g/mol. The average molecular weight is 565 g/mol. The minimum absolute atomic E-state index is 0.00402. The Labute approximate surface area is 218 Å². The van der Waals surface area contributed by atoms with Gasteiger partial charge < -0.3 is 19.6 Å². The van der Waals surface area contributed by atoms with Gasteiger partial charge >= 0.3 is 11.6 Å². The smallest absolute Gasteiger partial charge is 0.352 e. The Bertz CT molecular complexity index is 1620. The van der Waals surface area contributed by atoms with Gasteiger partial charge in [-0.25, -0.2) is 14.0 Å². The van der Waals surface area contributed by atoms with Gasteiger partial charge in [-0.2, -0.15) is 4.39 Å². The molecule has 2 aromatic heterocycles. The van der Waals surface area contributed by atoms with Crippen LogP contribution in [0.25, 0.3) is 11.0 Å². The van der Waals surface area contributed by atoms with Crippen LogP contribution in [0.3, 0.4) is 0 Å². The zero-order chi connectivity index (χ0) is 27.3. The number of aliphatic carboxylic acids is 1. The predicted octanol–water partition coefficient (Wildman–Crippen LogP) is 1.82. The number of carboxylic acid groups (broad SMARTS) is 1. The quantitative estimate of drug-likeness (QED) is 0.327. The highest BCUT2D eigenvalue weighted by atomic mass is 32.2. The number of fused-ring (bicyclic) bond motifs is 2. The number of carbonyl (C=O) groups is 3. The number of nitrogens with zero attached hydrogens (tertiary/aromatic N) is 1. The molecule has 1 fully saturated rings. The first-order valence-corrected chi connectivity index (χ1v) is 13.4. The van der Waals surface area contributed by atoms with Crippen molar-refractivity contribution in [3.63, 3.8) is 0 Å². The maximum Gasteiger partial charge on any atom is 0.352 e. The summed E-state index contributed by atoms with van der Waals surface area (Å²) < 4.78 is 52.8. The minimum atomic E-state index is -1.85. The number of hydrogen-bond donors (Lipinski definition) is 2. The summed E-state index contributed by atoms with van der Waals surface area (Å²) in [6.07, 6.45) is 0.00402. The van der Waals surface area contributed by atoms with Gasteiger partial charge in [0, 0.05) is 21.9 Å². The summed E-state index contributed by atoms with van der Waals surface area (Å²) in [5.41, 5.74) is -1.80. The van der Waals surface area contributed by atoms with E-state index in [0.717, 1.165) is 21.9 Å². The van der Waals surface area contributed by atoms with E-state index in [1.807, 2.05) is 0 Å². The van der Waals surface area contributed by atoms with Crippen molar-refractivity contribution in [1.29, 1.82) is 0 Å². The molecule has 0 radical (unpaired) electrons. The molecular formula is C24H18F2N2O8S2. The van der Waals surface area contributed by atoms with Crippen LogP contribution in [-0.4, -0.2) is 55.8 Å². The lowest BCUT2D eigenvalue weighted by atomic mass is 10.0. The van der Waals surface area contributed by atoms with Crippen LogP contribution in [-0.2, 0) is 31.6 Å². The lowest BCUT2D eigenvalue weighted by Crippen LogP contribution is -2.73. The fraction of sp³-hybridized carbons (Fsp3) is 0.250. The standard InChI is InChI=1S/C24H18F2N2O8S2/c1-10-5-16(30)36-20-13(10)7-14(25)21(17(20)26)35-8-11-9-38(34)23-18(22(31)28(23)19(11)24(32)33)27-15(29)6-12-3-2-4-37-12/h2-5,7,18,23H,6,8-9H2,1H3,(H,27,29)(H,32,33). The molecule has 10 nitrogen and oxygen atoms in total. The fourth-order valence-electron chi connectivity index (χ4n) is 4.41. The van der Waals surface area contributed by atoms with Crippen molar-refractivity contribution in [3.05, 3.63) is 73.4 Å². The normalized spacial score (nSPS) is 20.8. The molecule has 0 saturated carbocycles. The van der Waals surface area contributed by atoms with Crippen molar-refractivity contribution in [2.24, 2.45) is 0 Å². The second-order valence-corrected chi connectivity index (χ2v) is 11.2. The van der Waals surface area contributed by atoms with E-state index in [0.29, 0.717) is 0 Å². The van der Waals surface area contributed by atoms with Crippen molar-refractivity contribution in [2.75, 3.05) is 12.4 Å². The first kappa shape index (κ1) is 25.7. The third-order valence-corrected chi connectivity index (χ3v) is 8.65. The largest absolute Gasteiger partial charge is 0.483 e. The molecule has 2 N–H and O–H groups in total. The molecule has 1 aromatic carbocycles. The predicted molar refractivity (Wildman–Crippen MR) is 131 cm³/mol. The first-order chi connectivity index (χ1) is 18.1. The van der Waals surface area contributed by atoms with Gasteiger partial charge in [-0.3, -0.25) is 18.7 Å². The van der Waals surface area contributed by atoms with Gasteiger partial charge in [-0.05, 0) is 30.0 Å². The van der Waals surface area contributed by atoms with Gasteiger partial charge in [0.15, 0.2) is 17.1 Å². The summed E-state index contributed by atoms with van der Waals surface area (Å²) in [6.45, 7) is 0.757. The van der Waals surface area contributed by atoms with Gasteiger partial charge in [0.1, 0.15) is 23.7 Å². The Morgan fingerprint density at radius 3 is 2.76 bits per heavy atom. The average Bonchev–Trinajstić information content (AvgIpc) is 3.35. The van der Waals surface area contributed by atoms with Crippen LogP contribution in [0.15, 0.2) is 50.1 Å². The molecule has 3 unspecified atom stereocenters. The van der Waals surface area contributed by atoms with E-state index in [9.17, 15) is 32.9 Å². The molecule has 38 heavy (non-hydrogen) atoms. The van der Waals surface area contributed by atoms with Crippen LogP contribution in [0.4, 0.5) is 8.78 Å². The highest BCUT2D eigenvalue weighted by molar-refractivity contribution is 7.86. The van der Waals surface area contributed by atoms with E-state index >= 15 is 4.39 Å². The zero-order valence-corrected chi connectivity index (χ0v) is 21.1. The second kappa shape index (κ2) is 9.76. The molecule has 3 atom stereocenters. The van der Waals surface area contributed by atoms with Crippen molar-refractivity contribution < 1.29 is 41.6 Å². The van der Waals surface area contributed by atoms with E-state index in [-0.39, 0.29) is 28.7 Å². The van der Waals surface area contributed by atoms with E-state index in [1.54, 1.807) is 17.5 Å². The number of amides is 2. The van der Waals surface area contributed by atoms with E-state index in [4.69, 9.17) is 9.15 Å². The summed E-state index contributed by atoms with van der Waals surface area (Å²) in [6, 6.07) is 4.31. The molecule has 0 spiro atoms. The van der Waals surface area contributed by atoms with E-state index < -0.39 is 80.9 Å². The van der Waals surface area contributed by atoms with Crippen molar-refractivity contribution in [1.82, 2.24) is 10.2 Å². The van der Waals surface area contributed by atoms with Gasteiger partial charge in [0.25, 0.3) is 5.91 Å². The SMILES string of the molecule is Cc1cc(=O)oc2c(F)c(OCC3=C(C(=O)O)N4C(=O)C(NC(=O)Cc5cccs5)C4S(=O)C3)c(F)cc12. The number of hydrogen-bond acceptors (Lipinski definition) is 8. The van der Waals surface area contributed by atoms with Crippen molar-refractivity contribution in [2.45, 2.75) is 24.8 Å². The van der Waals surface area contributed by atoms with Crippen molar-refractivity contribution >= 4 is 50.9 Å². The molecule has 0 bridgehead atoms. The number of carbonyl (C=O) groups excluding carboxylic acids is 2. The number of carboxylic acids is 1. The molecule has 5 rings (SSSR count). The van der Waals surface area contributed by atoms with Crippen LogP contribution in [0.2, 0.25) is 0 Å². The van der Waals surface area contributed by atoms with Gasteiger partial charge in [-0.15, -0.1) is 11.3 Å². The van der Waals surface area contributed by atoms with Crippen LogP contribution in [0.1, 0.15) is 10.4 Å². The zero-order valence-electron chi connectivity index (χ0n) is 19.5. The first-order valence-electron chi connectivity index (χ1n) is 11.1. The maximum absolute atomic E-state index is 15.0. The minimum Gasteiger partial charge on any atom is -0.483 e. The molecule has 1 saturated heterocycles. The Balaban J connectivity index is 1.39. The van der Waals surface area contributed by atoms with Crippen LogP contribution < -0.4 is 15.7 Å². The number of rotatable bonds is 7. The summed E-state index contributed by atoms with van der Waals surface area (Å²) >= 11 is 1.35. The molecule has 2 aliphatic heterocycles. The number of aryl methyl sites for hydroxylation is 1. The molecule has 3 aromatic rings. The number of ether oxygens (including phenoxy) is 1. The number of halogens is 2. The molecule has 0 aliphatic carbocycles. The summed E-state index contributed by atoms with van der Waals surface area (Å²) in [4.78, 5) is 50.4. The Morgan fingerprint density at radius 1 is 1.32 bits per heavy atom. The molecule has 14 heteroatoms. The molecule has 4 heterocycles. The summed E-state index contributed by atoms with van der Waals surface area (Å²) in [5.74, 6) is -6.54. The van der Waals surface area contributed by atoms with Crippen molar-refractivity contribution in [3.8, 4) is 5.75 Å². The topological polar surface area (TPSA) is 143 Å². The number of β-lactam (4-membered cyclic amide) rings is 1. The number of benzene rings is 1. The summed E-state index contributed by atoms with van der Waals surface area (Å²) in [5, 5.41) is 13.0. The molecule has 198 valence electrons. The van der Waals surface area contributed by atoms with E-state index in [1.165, 1.54) is 18.3 Å². The Morgan fingerprint density at radius 2 is 2.08 bits per heavy atom. The number of nitrogens with one attached hydrogen (secondary N) is 1. The van der Waals surface area contributed by atoms with E-state index in [2.05, 4.69) is 5.32 Å².